The molecule has 0 aromatic heterocycles. The summed E-state index contributed by atoms with van der Waals surface area (Å²) in [6.45, 7) is 5.14. The molecule has 1 fully saturated rings. The van der Waals surface area contributed by atoms with Gasteiger partial charge >= 0.3 is 116 Å². The topological polar surface area (TPSA) is 29.5 Å². The summed E-state index contributed by atoms with van der Waals surface area (Å²) in [4.78, 5) is 0.674. The van der Waals surface area contributed by atoms with E-state index in [1.807, 2.05) is 13.0 Å². The van der Waals surface area contributed by atoms with Gasteiger partial charge in [0.2, 0.25) is 0 Å². The molecular formula is C15H22O2Se. The Hall–Kier alpha value is -0.341. The van der Waals surface area contributed by atoms with Crippen molar-refractivity contribution in [2.45, 2.75) is 50.1 Å². The van der Waals surface area contributed by atoms with Crippen molar-refractivity contribution >= 4 is 19.4 Å². The molecule has 0 radical (unpaired) electrons. The Bertz CT molecular complexity index is 381. The molecule has 2 rings (SSSR count). The van der Waals surface area contributed by atoms with Crippen LogP contribution in [0.25, 0.3) is 0 Å². The van der Waals surface area contributed by atoms with E-state index in [2.05, 4.69) is 25.1 Å². The van der Waals surface area contributed by atoms with E-state index in [1.54, 1.807) is 0 Å². The molecule has 0 unspecified atom stereocenters. The van der Waals surface area contributed by atoms with Gasteiger partial charge in [0.1, 0.15) is 0 Å². The summed E-state index contributed by atoms with van der Waals surface area (Å²) in [6.07, 6.45) is 3.17. The zero-order valence-electron chi connectivity index (χ0n) is 11.1. The first-order valence-electron chi connectivity index (χ1n) is 6.81. The molecule has 3 atom stereocenters. The predicted octanol–water partition coefficient (Wildman–Crippen LogP) is 2.45. The molecule has 1 aromatic rings. The van der Waals surface area contributed by atoms with Gasteiger partial charge in [-0.2, -0.15) is 0 Å². The average molecular weight is 313 g/mol. The molecule has 0 spiro atoms. The Labute approximate surface area is 116 Å². The third-order valence-corrected chi connectivity index (χ3v) is 6.57. The SMILES string of the molecule is CC[C@H](O)c1ccccc1[Se][C@@H]1CCO[C@@H]1CC. The summed E-state index contributed by atoms with van der Waals surface area (Å²) >= 11 is 0.407. The van der Waals surface area contributed by atoms with Gasteiger partial charge in [0, 0.05) is 0 Å². The maximum atomic E-state index is 10.1. The van der Waals surface area contributed by atoms with E-state index < -0.39 is 0 Å². The van der Waals surface area contributed by atoms with Crippen LogP contribution in [0.15, 0.2) is 24.3 Å². The molecule has 100 valence electrons. The van der Waals surface area contributed by atoms with Crippen molar-refractivity contribution in [3.05, 3.63) is 29.8 Å². The van der Waals surface area contributed by atoms with Crippen molar-refractivity contribution in [2.75, 3.05) is 6.61 Å². The van der Waals surface area contributed by atoms with E-state index in [4.69, 9.17) is 4.74 Å². The molecule has 0 bridgehead atoms. The van der Waals surface area contributed by atoms with Crippen molar-refractivity contribution in [2.24, 2.45) is 0 Å². The molecule has 2 nitrogen and oxygen atoms in total. The first-order chi connectivity index (χ1) is 8.76. The summed E-state index contributed by atoms with van der Waals surface area (Å²) in [7, 11) is 0. The third-order valence-electron chi connectivity index (χ3n) is 3.49. The van der Waals surface area contributed by atoms with Gasteiger partial charge in [-0.15, -0.1) is 0 Å². The minimum atomic E-state index is -0.314. The molecule has 1 aliphatic heterocycles. The van der Waals surface area contributed by atoms with E-state index in [0.29, 0.717) is 25.9 Å². The van der Waals surface area contributed by atoms with Crippen LogP contribution in [0, 0.1) is 0 Å². The van der Waals surface area contributed by atoms with Crippen molar-refractivity contribution < 1.29 is 9.84 Å². The van der Waals surface area contributed by atoms with Crippen LogP contribution < -0.4 is 4.46 Å². The second kappa shape index (κ2) is 6.72. The standard InChI is InChI=1S/C15H22O2Se/c1-3-12(16)11-7-5-6-8-14(11)18-15-9-10-17-13(15)4-2/h5-8,12-13,15-16H,3-4,9-10H2,1-2H3/t12-,13+,15+/m0/s1. The Kier molecular flexibility index (Phi) is 5.25. The van der Waals surface area contributed by atoms with E-state index >= 15 is 0 Å². The van der Waals surface area contributed by atoms with Crippen LogP contribution in [0.4, 0.5) is 0 Å². The summed E-state index contributed by atoms with van der Waals surface area (Å²) in [5.41, 5.74) is 1.13. The predicted molar refractivity (Wildman–Crippen MR) is 75.5 cm³/mol. The molecule has 1 N–H and O–H groups in total. The van der Waals surface area contributed by atoms with E-state index in [0.717, 1.165) is 25.0 Å². The van der Waals surface area contributed by atoms with Gasteiger partial charge in [0.15, 0.2) is 0 Å². The fourth-order valence-corrected chi connectivity index (χ4v) is 5.45. The molecule has 1 aliphatic rings. The Morgan fingerprint density at radius 3 is 2.89 bits per heavy atom. The molecule has 0 aliphatic carbocycles. The molecular weight excluding hydrogens is 291 g/mol. The molecule has 0 amide bonds. The van der Waals surface area contributed by atoms with Gasteiger partial charge in [0.05, 0.1) is 0 Å². The first-order valence-corrected chi connectivity index (χ1v) is 8.66. The van der Waals surface area contributed by atoms with E-state index in [1.165, 1.54) is 10.9 Å². The quantitative estimate of drug-likeness (QED) is 0.846. The number of hydrogen-bond donors (Lipinski definition) is 1. The summed E-state index contributed by atoms with van der Waals surface area (Å²) < 4.78 is 7.12. The van der Waals surface area contributed by atoms with Gasteiger partial charge in [-0.25, -0.2) is 0 Å². The van der Waals surface area contributed by atoms with Crippen LogP contribution in [-0.2, 0) is 4.74 Å². The monoisotopic (exact) mass is 314 g/mol. The number of hydrogen-bond acceptors (Lipinski definition) is 2. The first kappa shape index (κ1) is 14.1. The molecule has 1 aromatic carbocycles. The van der Waals surface area contributed by atoms with Crippen molar-refractivity contribution in [1.29, 1.82) is 0 Å². The van der Waals surface area contributed by atoms with Crippen LogP contribution >= 0.6 is 0 Å². The summed E-state index contributed by atoms with van der Waals surface area (Å²) in [5.74, 6) is 0. The number of benzene rings is 1. The second-order valence-electron chi connectivity index (χ2n) is 4.72. The van der Waals surface area contributed by atoms with Crippen molar-refractivity contribution in [1.82, 2.24) is 0 Å². The molecule has 18 heavy (non-hydrogen) atoms. The second-order valence-corrected chi connectivity index (χ2v) is 7.41. The van der Waals surface area contributed by atoms with E-state index in [-0.39, 0.29) is 6.10 Å². The fraction of sp³-hybridized carbons (Fsp3) is 0.600. The molecule has 3 heteroatoms. The zero-order chi connectivity index (χ0) is 13.0. The third kappa shape index (κ3) is 3.15. The van der Waals surface area contributed by atoms with Crippen LogP contribution in [0.2, 0.25) is 4.82 Å². The number of ether oxygens (including phenoxy) is 1. The zero-order valence-corrected chi connectivity index (χ0v) is 12.8. The Balaban J connectivity index is 2.13. The van der Waals surface area contributed by atoms with Crippen molar-refractivity contribution in [3.63, 3.8) is 0 Å². The Morgan fingerprint density at radius 2 is 2.17 bits per heavy atom. The van der Waals surface area contributed by atoms with Gasteiger partial charge in [0.25, 0.3) is 0 Å². The van der Waals surface area contributed by atoms with Crippen LogP contribution in [0.1, 0.15) is 44.8 Å². The molecule has 1 heterocycles. The summed E-state index contributed by atoms with van der Waals surface area (Å²) in [6, 6.07) is 8.36. The Morgan fingerprint density at radius 1 is 1.39 bits per heavy atom. The number of aliphatic hydroxyl groups excluding tert-OH is 1. The average Bonchev–Trinajstić information content (AvgIpc) is 2.86. The molecule has 0 saturated carbocycles. The van der Waals surface area contributed by atoms with Gasteiger partial charge in [-0.3, -0.25) is 0 Å². The maximum absolute atomic E-state index is 10.1. The van der Waals surface area contributed by atoms with Crippen LogP contribution in [-0.4, -0.2) is 32.8 Å². The fourth-order valence-electron chi connectivity index (χ4n) is 2.39. The number of aliphatic hydroxyl groups is 1. The van der Waals surface area contributed by atoms with Gasteiger partial charge in [-0.1, -0.05) is 0 Å². The summed E-state index contributed by atoms with van der Waals surface area (Å²) in [5, 5.41) is 10.1. The normalized spacial score (nSPS) is 25.3. The van der Waals surface area contributed by atoms with Gasteiger partial charge in [-0.05, 0) is 0 Å². The van der Waals surface area contributed by atoms with Crippen molar-refractivity contribution in [3.8, 4) is 0 Å². The van der Waals surface area contributed by atoms with Crippen LogP contribution in [0.3, 0.4) is 0 Å². The molecule has 1 saturated heterocycles. The minimum absolute atomic E-state index is 0.314. The number of rotatable bonds is 5. The van der Waals surface area contributed by atoms with E-state index in [9.17, 15) is 5.11 Å². The van der Waals surface area contributed by atoms with Gasteiger partial charge < -0.3 is 0 Å². The van der Waals surface area contributed by atoms with Crippen LogP contribution in [0.5, 0.6) is 0 Å².